The van der Waals surface area contributed by atoms with E-state index in [4.69, 9.17) is 10.5 Å². The molecular formula is C15H21N3O2. The SMILES string of the molecule is Cc1nc(Oc2ccccc2)n(CCCCN)c1CO. The fourth-order valence-corrected chi connectivity index (χ4v) is 2.10. The van der Waals surface area contributed by atoms with Crippen LogP contribution in [0.1, 0.15) is 24.2 Å². The number of rotatable bonds is 7. The summed E-state index contributed by atoms with van der Waals surface area (Å²) in [6.45, 7) is 3.25. The number of nitrogens with two attached hydrogens (primary N) is 1. The third-order valence-electron chi connectivity index (χ3n) is 3.18. The molecule has 3 N–H and O–H groups in total. The molecule has 5 heteroatoms. The Morgan fingerprint density at radius 3 is 2.65 bits per heavy atom. The van der Waals surface area contributed by atoms with Crippen molar-refractivity contribution in [2.24, 2.45) is 5.73 Å². The number of benzene rings is 1. The van der Waals surface area contributed by atoms with Crippen molar-refractivity contribution in [3.8, 4) is 11.8 Å². The molecule has 0 saturated heterocycles. The number of imidazole rings is 1. The molecule has 0 unspecified atom stereocenters. The first-order valence-electron chi connectivity index (χ1n) is 6.86. The van der Waals surface area contributed by atoms with Crippen LogP contribution in [0.25, 0.3) is 0 Å². The largest absolute Gasteiger partial charge is 0.426 e. The van der Waals surface area contributed by atoms with Gasteiger partial charge in [-0.05, 0) is 38.4 Å². The first-order valence-corrected chi connectivity index (χ1v) is 6.86. The van der Waals surface area contributed by atoms with Crippen LogP contribution >= 0.6 is 0 Å². The number of nitrogens with zero attached hydrogens (tertiary/aromatic N) is 2. The number of unbranched alkanes of at least 4 members (excludes halogenated alkanes) is 1. The second-order valence-electron chi connectivity index (χ2n) is 4.65. The van der Waals surface area contributed by atoms with Crippen molar-refractivity contribution in [1.82, 2.24) is 9.55 Å². The van der Waals surface area contributed by atoms with Gasteiger partial charge >= 0.3 is 6.01 Å². The number of hydrogen-bond acceptors (Lipinski definition) is 4. The van der Waals surface area contributed by atoms with Crippen LogP contribution in [0.5, 0.6) is 11.8 Å². The highest BCUT2D eigenvalue weighted by atomic mass is 16.5. The number of para-hydroxylation sites is 1. The van der Waals surface area contributed by atoms with Gasteiger partial charge in [-0.1, -0.05) is 18.2 Å². The second-order valence-corrected chi connectivity index (χ2v) is 4.65. The number of aromatic nitrogens is 2. The van der Waals surface area contributed by atoms with Crippen LogP contribution in [-0.2, 0) is 13.2 Å². The molecule has 2 aromatic rings. The molecule has 0 amide bonds. The van der Waals surface area contributed by atoms with Gasteiger partial charge in [-0.3, -0.25) is 4.57 Å². The highest BCUT2D eigenvalue weighted by Gasteiger charge is 2.15. The Labute approximate surface area is 119 Å². The quantitative estimate of drug-likeness (QED) is 0.760. The molecule has 1 aromatic carbocycles. The van der Waals surface area contributed by atoms with E-state index in [9.17, 15) is 5.11 Å². The van der Waals surface area contributed by atoms with Crippen molar-refractivity contribution in [3.05, 3.63) is 41.7 Å². The number of aliphatic hydroxyl groups excluding tert-OH is 1. The molecule has 0 aliphatic heterocycles. The maximum atomic E-state index is 9.49. The van der Waals surface area contributed by atoms with Crippen molar-refractivity contribution in [2.45, 2.75) is 32.9 Å². The maximum absolute atomic E-state index is 9.49. The lowest BCUT2D eigenvalue weighted by Crippen LogP contribution is -2.08. The summed E-state index contributed by atoms with van der Waals surface area (Å²) in [5.74, 6) is 0.738. The third kappa shape index (κ3) is 3.37. The summed E-state index contributed by atoms with van der Waals surface area (Å²) in [5, 5.41) is 9.49. The summed E-state index contributed by atoms with van der Waals surface area (Å²) >= 11 is 0. The summed E-state index contributed by atoms with van der Waals surface area (Å²) in [5.41, 5.74) is 7.12. The van der Waals surface area contributed by atoms with Crippen molar-refractivity contribution < 1.29 is 9.84 Å². The monoisotopic (exact) mass is 275 g/mol. The number of aliphatic hydroxyl groups is 1. The molecule has 20 heavy (non-hydrogen) atoms. The van der Waals surface area contributed by atoms with E-state index in [1.165, 1.54) is 0 Å². The maximum Gasteiger partial charge on any atom is 0.302 e. The Morgan fingerprint density at radius 2 is 2.00 bits per heavy atom. The van der Waals surface area contributed by atoms with Gasteiger partial charge in [0.1, 0.15) is 5.75 Å². The van der Waals surface area contributed by atoms with Gasteiger partial charge in [0.2, 0.25) is 0 Å². The zero-order valence-electron chi connectivity index (χ0n) is 11.7. The van der Waals surface area contributed by atoms with Crippen LogP contribution in [-0.4, -0.2) is 21.2 Å². The minimum Gasteiger partial charge on any atom is -0.426 e. The lowest BCUT2D eigenvalue weighted by molar-refractivity contribution is 0.266. The Hall–Kier alpha value is -1.85. The van der Waals surface area contributed by atoms with Gasteiger partial charge in [0.05, 0.1) is 18.0 Å². The van der Waals surface area contributed by atoms with E-state index < -0.39 is 0 Å². The molecule has 1 aromatic heterocycles. The molecule has 0 aliphatic carbocycles. The van der Waals surface area contributed by atoms with E-state index in [2.05, 4.69) is 4.98 Å². The molecule has 1 heterocycles. The molecule has 0 bridgehead atoms. The predicted molar refractivity (Wildman–Crippen MR) is 77.7 cm³/mol. The summed E-state index contributed by atoms with van der Waals surface area (Å²) < 4.78 is 7.74. The molecule has 0 spiro atoms. The zero-order valence-corrected chi connectivity index (χ0v) is 11.7. The molecule has 0 saturated carbocycles. The normalized spacial score (nSPS) is 10.8. The second kappa shape index (κ2) is 7.07. The van der Waals surface area contributed by atoms with Gasteiger partial charge in [-0.2, -0.15) is 4.98 Å². The average molecular weight is 275 g/mol. The molecule has 108 valence electrons. The van der Waals surface area contributed by atoms with Crippen LogP contribution in [0.2, 0.25) is 0 Å². The minimum absolute atomic E-state index is 0.0421. The number of ether oxygens (including phenoxy) is 1. The van der Waals surface area contributed by atoms with E-state index in [1.54, 1.807) is 0 Å². The first-order chi connectivity index (χ1) is 9.76. The lowest BCUT2D eigenvalue weighted by Gasteiger charge is -2.11. The van der Waals surface area contributed by atoms with Gasteiger partial charge < -0.3 is 15.6 Å². The van der Waals surface area contributed by atoms with Crippen LogP contribution in [0.3, 0.4) is 0 Å². The number of aryl methyl sites for hydroxylation is 1. The van der Waals surface area contributed by atoms with Gasteiger partial charge in [-0.15, -0.1) is 0 Å². The van der Waals surface area contributed by atoms with Crippen molar-refractivity contribution in [2.75, 3.05) is 6.54 Å². The Kier molecular flexibility index (Phi) is 5.15. The van der Waals surface area contributed by atoms with Crippen LogP contribution < -0.4 is 10.5 Å². The molecule has 5 nitrogen and oxygen atoms in total. The Balaban J connectivity index is 2.22. The average Bonchev–Trinajstić information content (AvgIpc) is 2.75. The van der Waals surface area contributed by atoms with E-state index in [0.717, 1.165) is 36.5 Å². The summed E-state index contributed by atoms with van der Waals surface area (Å²) in [7, 11) is 0. The molecule has 2 rings (SSSR count). The number of hydrogen-bond donors (Lipinski definition) is 2. The third-order valence-corrected chi connectivity index (χ3v) is 3.18. The van der Waals surface area contributed by atoms with Gasteiger partial charge in [0.15, 0.2) is 0 Å². The van der Waals surface area contributed by atoms with Crippen molar-refractivity contribution in [1.29, 1.82) is 0 Å². The smallest absolute Gasteiger partial charge is 0.302 e. The first kappa shape index (κ1) is 14.6. The summed E-state index contributed by atoms with van der Waals surface area (Å²) in [6, 6.07) is 10.0. The molecule has 0 radical (unpaired) electrons. The van der Waals surface area contributed by atoms with Crippen LogP contribution in [0.15, 0.2) is 30.3 Å². The highest BCUT2D eigenvalue weighted by molar-refractivity contribution is 5.27. The van der Waals surface area contributed by atoms with E-state index >= 15 is 0 Å². The fraction of sp³-hybridized carbons (Fsp3) is 0.400. The van der Waals surface area contributed by atoms with E-state index in [0.29, 0.717) is 12.6 Å². The molecule has 0 fully saturated rings. The van der Waals surface area contributed by atoms with E-state index in [1.807, 2.05) is 41.8 Å². The Bertz CT molecular complexity index is 538. The van der Waals surface area contributed by atoms with Gasteiger partial charge in [0, 0.05) is 6.54 Å². The van der Waals surface area contributed by atoms with Gasteiger partial charge in [0.25, 0.3) is 0 Å². The van der Waals surface area contributed by atoms with Crippen molar-refractivity contribution >= 4 is 0 Å². The van der Waals surface area contributed by atoms with Crippen LogP contribution in [0, 0.1) is 6.92 Å². The fourth-order valence-electron chi connectivity index (χ4n) is 2.10. The highest BCUT2D eigenvalue weighted by Crippen LogP contribution is 2.24. The van der Waals surface area contributed by atoms with Crippen LogP contribution in [0.4, 0.5) is 0 Å². The molecule has 0 aliphatic rings. The standard InChI is InChI=1S/C15H21N3O2/c1-12-14(11-19)18(10-6-5-9-16)15(17-12)20-13-7-3-2-4-8-13/h2-4,7-8,19H,5-6,9-11,16H2,1H3. The summed E-state index contributed by atoms with van der Waals surface area (Å²) in [6.07, 6.45) is 1.87. The predicted octanol–water partition coefficient (Wildman–Crippen LogP) is 2.22. The lowest BCUT2D eigenvalue weighted by atomic mass is 10.3. The van der Waals surface area contributed by atoms with Gasteiger partial charge in [-0.25, -0.2) is 0 Å². The minimum atomic E-state index is -0.0421. The Morgan fingerprint density at radius 1 is 1.25 bits per heavy atom. The molecule has 0 atom stereocenters. The zero-order chi connectivity index (χ0) is 14.4. The molecular weight excluding hydrogens is 254 g/mol. The topological polar surface area (TPSA) is 73.3 Å². The van der Waals surface area contributed by atoms with E-state index in [-0.39, 0.29) is 6.61 Å². The van der Waals surface area contributed by atoms with Crippen molar-refractivity contribution in [3.63, 3.8) is 0 Å². The summed E-state index contributed by atoms with van der Waals surface area (Å²) in [4.78, 5) is 4.40.